The Balaban J connectivity index is 1.72. The first kappa shape index (κ1) is 24.0. The average molecular weight is 478 g/mol. The van der Waals surface area contributed by atoms with Gasteiger partial charge in [-0.3, -0.25) is 24.2 Å². The number of rotatable bonds is 5. The number of carbonyl (C=O) groups is 2. The van der Waals surface area contributed by atoms with Gasteiger partial charge in [0.1, 0.15) is 12.4 Å². The summed E-state index contributed by atoms with van der Waals surface area (Å²) in [7, 11) is 1.85. The number of nitrogens with zero attached hydrogens (tertiary/aromatic N) is 4. The number of aromatic nitrogens is 3. The predicted molar refractivity (Wildman–Crippen MR) is 136 cm³/mol. The van der Waals surface area contributed by atoms with Gasteiger partial charge in [-0.1, -0.05) is 56.7 Å². The van der Waals surface area contributed by atoms with Crippen LogP contribution in [0, 0.1) is 6.92 Å². The number of carbonyl (C=O) groups excluding carboxylic acids is 2. The topological polar surface area (TPSA) is 80.1 Å². The Bertz CT molecular complexity index is 1200. The van der Waals surface area contributed by atoms with Crippen LogP contribution in [0.15, 0.2) is 48.7 Å². The molecule has 8 heteroatoms. The quantitative estimate of drug-likeness (QED) is 0.603. The molecule has 7 nitrogen and oxygen atoms in total. The van der Waals surface area contributed by atoms with E-state index in [1.165, 1.54) is 5.56 Å². The van der Waals surface area contributed by atoms with E-state index in [2.05, 4.69) is 56.2 Å². The Kier molecular flexibility index (Phi) is 6.79. The van der Waals surface area contributed by atoms with E-state index in [9.17, 15) is 9.59 Å². The summed E-state index contributed by atoms with van der Waals surface area (Å²) in [5.74, 6) is 0.643. The SMILES string of the molecule is Cc1cccc([C@H]2SCC(=O)N(CC(=O)NCc3ccccn3)c3c2c(C(C)(C)C)nn3C)c1. The predicted octanol–water partition coefficient (Wildman–Crippen LogP) is 3.91. The maximum atomic E-state index is 13.3. The fraction of sp³-hybridized carbons (Fsp3) is 0.385. The first-order valence-electron chi connectivity index (χ1n) is 11.4. The van der Waals surface area contributed by atoms with E-state index in [1.54, 1.807) is 27.5 Å². The van der Waals surface area contributed by atoms with E-state index in [0.29, 0.717) is 12.4 Å². The van der Waals surface area contributed by atoms with E-state index < -0.39 is 0 Å². The number of thioether (sulfide) groups is 1. The number of hydrogen-bond acceptors (Lipinski definition) is 5. The summed E-state index contributed by atoms with van der Waals surface area (Å²) < 4.78 is 1.76. The maximum absolute atomic E-state index is 13.3. The number of hydrogen-bond donors (Lipinski definition) is 1. The molecule has 0 bridgehead atoms. The molecule has 4 rings (SSSR count). The molecular formula is C26H31N5O2S. The molecule has 1 aliphatic heterocycles. The van der Waals surface area contributed by atoms with Crippen LogP contribution in [0.2, 0.25) is 0 Å². The fourth-order valence-electron chi connectivity index (χ4n) is 4.23. The van der Waals surface area contributed by atoms with Crippen LogP contribution >= 0.6 is 11.8 Å². The van der Waals surface area contributed by atoms with E-state index in [0.717, 1.165) is 22.5 Å². The number of aryl methyl sites for hydroxylation is 2. The number of fused-ring (bicyclic) bond motifs is 1. The number of pyridine rings is 1. The molecule has 2 amide bonds. The van der Waals surface area contributed by atoms with Gasteiger partial charge >= 0.3 is 0 Å². The Labute approximate surface area is 205 Å². The zero-order valence-electron chi connectivity index (χ0n) is 20.3. The van der Waals surface area contributed by atoms with Crippen molar-refractivity contribution in [1.82, 2.24) is 20.1 Å². The number of benzene rings is 1. The summed E-state index contributed by atoms with van der Waals surface area (Å²) in [5.41, 5.74) is 4.80. The van der Waals surface area contributed by atoms with Gasteiger partial charge in [0.05, 0.1) is 28.9 Å². The van der Waals surface area contributed by atoms with Crippen LogP contribution in [0.25, 0.3) is 0 Å². The van der Waals surface area contributed by atoms with Crippen LogP contribution in [0.1, 0.15) is 54.1 Å². The molecule has 0 radical (unpaired) electrons. The maximum Gasteiger partial charge on any atom is 0.240 e. The molecule has 0 saturated carbocycles. The molecule has 1 aromatic carbocycles. The lowest BCUT2D eigenvalue weighted by Crippen LogP contribution is -2.42. The highest BCUT2D eigenvalue weighted by atomic mass is 32.2. The minimum atomic E-state index is -0.234. The molecule has 0 unspecified atom stereocenters. The lowest BCUT2D eigenvalue weighted by atomic mass is 9.87. The van der Waals surface area contributed by atoms with Gasteiger partial charge in [-0.2, -0.15) is 5.10 Å². The summed E-state index contributed by atoms with van der Waals surface area (Å²) in [5, 5.41) is 7.70. The second-order valence-corrected chi connectivity index (χ2v) is 10.7. The molecule has 178 valence electrons. The first-order valence-corrected chi connectivity index (χ1v) is 12.4. The summed E-state index contributed by atoms with van der Waals surface area (Å²) in [6.45, 7) is 8.71. The van der Waals surface area contributed by atoms with Gasteiger partial charge in [-0.15, -0.1) is 11.8 Å². The van der Waals surface area contributed by atoms with Crippen molar-refractivity contribution >= 4 is 29.4 Å². The molecule has 1 N–H and O–H groups in total. The summed E-state index contributed by atoms with van der Waals surface area (Å²) in [6, 6.07) is 14.0. The molecule has 0 aliphatic carbocycles. The number of nitrogens with one attached hydrogen (secondary N) is 1. The van der Waals surface area contributed by atoms with Gasteiger partial charge in [-0.05, 0) is 24.6 Å². The third-order valence-corrected chi connectivity index (χ3v) is 7.05. The zero-order valence-corrected chi connectivity index (χ0v) is 21.1. The molecule has 1 aliphatic rings. The minimum absolute atomic E-state index is 0.0524. The third-order valence-electron chi connectivity index (χ3n) is 5.79. The van der Waals surface area contributed by atoms with Gasteiger partial charge in [0, 0.05) is 24.2 Å². The molecule has 0 fully saturated rings. The molecule has 34 heavy (non-hydrogen) atoms. The third kappa shape index (κ3) is 5.01. The summed E-state index contributed by atoms with van der Waals surface area (Å²) >= 11 is 1.60. The number of anilines is 1. The van der Waals surface area contributed by atoms with Crippen LogP contribution in [-0.4, -0.2) is 38.9 Å². The van der Waals surface area contributed by atoms with Crippen molar-refractivity contribution in [3.05, 3.63) is 76.7 Å². The van der Waals surface area contributed by atoms with Gasteiger partial charge < -0.3 is 5.32 Å². The second kappa shape index (κ2) is 9.62. The lowest BCUT2D eigenvalue weighted by Gasteiger charge is -2.24. The first-order chi connectivity index (χ1) is 16.1. The molecule has 2 aromatic heterocycles. The van der Waals surface area contributed by atoms with Crippen LogP contribution in [0.4, 0.5) is 5.82 Å². The minimum Gasteiger partial charge on any atom is -0.349 e. The lowest BCUT2D eigenvalue weighted by molar-refractivity contribution is -0.123. The monoisotopic (exact) mass is 477 g/mol. The second-order valence-electron chi connectivity index (χ2n) is 9.64. The molecule has 0 spiro atoms. The van der Waals surface area contributed by atoms with Crippen LogP contribution in [0.3, 0.4) is 0 Å². The highest BCUT2D eigenvalue weighted by molar-refractivity contribution is 8.00. The van der Waals surface area contributed by atoms with Gasteiger partial charge in [-0.25, -0.2) is 0 Å². The molecule has 0 saturated heterocycles. The van der Waals surface area contributed by atoms with E-state index in [1.807, 2.05) is 31.3 Å². The van der Waals surface area contributed by atoms with Gasteiger partial charge in [0.15, 0.2) is 0 Å². The largest absolute Gasteiger partial charge is 0.349 e. The van der Waals surface area contributed by atoms with Crippen molar-refractivity contribution in [3.63, 3.8) is 0 Å². The van der Waals surface area contributed by atoms with E-state index in [-0.39, 0.29) is 34.8 Å². The van der Waals surface area contributed by atoms with Crippen LogP contribution in [0.5, 0.6) is 0 Å². The average Bonchev–Trinajstić information content (AvgIpc) is 3.06. The molecule has 1 atom stereocenters. The van der Waals surface area contributed by atoms with Gasteiger partial charge in [0.25, 0.3) is 0 Å². The number of amides is 2. The Hall–Kier alpha value is -3.13. The molecular weight excluding hydrogens is 446 g/mol. The van der Waals surface area contributed by atoms with Crippen molar-refractivity contribution in [1.29, 1.82) is 0 Å². The van der Waals surface area contributed by atoms with E-state index >= 15 is 0 Å². The Morgan fingerprint density at radius 1 is 1.21 bits per heavy atom. The normalized spacial score (nSPS) is 16.2. The van der Waals surface area contributed by atoms with Crippen LogP contribution < -0.4 is 10.2 Å². The smallest absolute Gasteiger partial charge is 0.240 e. The van der Waals surface area contributed by atoms with E-state index in [4.69, 9.17) is 5.10 Å². The summed E-state index contributed by atoms with van der Waals surface area (Å²) in [6.07, 6.45) is 1.69. The van der Waals surface area contributed by atoms with Crippen molar-refractivity contribution < 1.29 is 9.59 Å². The highest BCUT2D eigenvalue weighted by Gasteiger charge is 2.38. The van der Waals surface area contributed by atoms with Crippen molar-refractivity contribution in [2.45, 2.75) is 44.9 Å². The highest BCUT2D eigenvalue weighted by Crippen LogP contribution is 2.47. The van der Waals surface area contributed by atoms with Gasteiger partial charge in [0.2, 0.25) is 11.8 Å². The molecule has 3 heterocycles. The Morgan fingerprint density at radius 3 is 2.68 bits per heavy atom. The zero-order chi connectivity index (χ0) is 24.5. The summed E-state index contributed by atoms with van der Waals surface area (Å²) in [4.78, 5) is 32.0. The molecule has 3 aromatic rings. The Morgan fingerprint density at radius 2 is 2.00 bits per heavy atom. The van der Waals surface area contributed by atoms with Crippen molar-refractivity contribution in [2.75, 3.05) is 17.2 Å². The fourth-order valence-corrected chi connectivity index (χ4v) is 5.42. The van der Waals surface area contributed by atoms with Crippen molar-refractivity contribution in [3.8, 4) is 0 Å². The van der Waals surface area contributed by atoms with Crippen molar-refractivity contribution in [2.24, 2.45) is 7.05 Å². The van der Waals surface area contributed by atoms with Crippen LogP contribution in [-0.2, 0) is 28.6 Å². The standard InChI is InChI=1S/C26H31N5O2S/c1-17-9-8-10-18(13-17)23-22-24(26(2,3)4)29-30(5)25(22)31(21(33)16-34-23)15-20(32)28-14-19-11-6-7-12-27-19/h6-13,23H,14-16H2,1-5H3,(H,28,32)/t23-/m1/s1.